The van der Waals surface area contributed by atoms with Gasteiger partial charge in [-0.15, -0.1) is 10.2 Å². The summed E-state index contributed by atoms with van der Waals surface area (Å²) in [5.41, 5.74) is 2.09. The minimum Gasteiger partial charge on any atom is -0.493 e. The number of halogens is 1. The van der Waals surface area contributed by atoms with Crippen LogP contribution in [0.3, 0.4) is 0 Å². The number of nitrogens with one attached hydrogen (secondary N) is 1. The highest BCUT2D eigenvalue weighted by atomic mass is 35.5. The molecule has 2 aromatic carbocycles. The van der Waals surface area contributed by atoms with E-state index in [1.165, 1.54) is 11.3 Å². The van der Waals surface area contributed by atoms with Gasteiger partial charge in [-0.05, 0) is 36.5 Å². The number of thiazole rings is 1. The fourth-order valence-corrected chi connectivity index (χ4v) is 4.96. The first kappa shape index (κ1) is 21.2. The van der Waals surface area contributed by atoms with Gasteiger partial charge in [-0.3, -0.25) is 9.47 Å². The Hall–Kier alpha value is -2.63. The van der Waals surface area contributed by atoms with Gasteiger partial charge >= 0.3 is 0 Å². The maximum Gasteiger partial charge on any atom is 0.221 e. The first-order valence-electron chi connectivity index (χ1n) is 9.97. The summed E-state index contributed by atoms with van der Waals surface area (Å²) in [6, 6.07) is 13.2. The summed E-state index contributed by atoms with van der Waals surface area (Å²) in [6.45, 7) is 3.53. The van der Waals surface area contributed by atoms with Crippen LogP contribution in [0, 0.1) is 0 Å². The summed E-state index contributed by atoms with van der Waals surface area (Å²) in [7, 11) is 0. The van der Waals surface area contributed by atoms with Crippen LogP contribution in [0.15, 0.2) is 52.7 Å². The maximum atomic E-state index is 10.9. The van der Waals surface area contributed by atoms with E-state index in [9.17, 15) is 5.11 Å². The molecular weight excluding hydrogens is 468 g/mol. The van der Waals surface area contributed by atoms with Crippen LogP contribution >= 0.6 is 35.2 Å². The largest absolute Gasteiger partial charge is 0.493 e. The standard InChI is InChI=1S/C21H19ClN6O2S2/c22-13-5-6-15-17(11-13)32-21(23-15)24-20(31)26-25-18-14-3-1-2-4-16(14)28(19(18)29)12-27-7-9-30-10-8-27/h1-6,11,29H,7-10,12H2,(H,23,24,31). The van der Waals surface area contributed by atoms with Gasteiger partial charge in [0.1, 0.15) is 0 Å². The number of ether oxygens (including phenoxy) is 1. The first-order valence-corrected chi connectivity index (χ1v) is 11.6. The van der Waals surface area contributed by atoms with Gasteiger partial charge in [0, 0.05) is 23.5 Å². The zero-order chi connectivity index (χ0) is 22.1. The third kappa shape index (κ3) is 4.32. The second-order valence-electron chi connectivity index (χ2n) is 7.25. The van der Waals surface area contributed by atoms with Crippen LogP contribution in [0.4, 0.5) is 10.8 Å². The van der Waals surface area contributed by atoms with E-state index in [2.05, 4.69) is 25.4 Å². The molecule has 0 spiro atoms. The van der Waals surface area contributed by atoms with Crippen LogP contribution in [0.25, 0.3) is 21.1 Å². The molecular formula is C21H19ClN6O2S2. The lowest BCUT2D eigenvalue weighted by Crippen LogP contribution is -2.37. The van der Waals surface area contributed by atoms with Crippen molar-refractivity contribution < 1.29 is 9.84 Å². The van der Waals surface area contributed by atoms with Gasteiger partial charge in [-0.2, -0.15) is 0 Å². The normalized spacial score (nSPS) is 15.2. The third-order valence-corrected chi connectivity index (χ3v) is 6.52. The Labute approximate surface area is 198 Å². The molecule has 0 aliphatic carbocycles. The molecule has 0 unspecified atom stereocenters. The third-order valence-electron chi connectivity index (χ3n) is 5.17. The highest BCUT2D eigenvalue weighted by Gasteiger charge is 2.19. The molecule has 0 radical (unpaired) electrons. The van der Waals surface area contributed by atoms with Gasteiger partial charge in [0.25, 0.3) is 0 Å². The van der Waals surface area contributed by atoms with Crippen LogP contribution in [-0.4, -0.2) is 51.0 Å². The van der Waals surface area contributed by atoms with Gasteiger partial charge in [-0.1, -0.05) is 41.1 Å². The van der Waals surface area contributed by atoms with E-state index in [0.29, 0.717) is 35.7 Å². The minimum atomic E-state index is 0.0545. The average Bonchev–Trinajstić information content (AvgIpc) is 3.31. The van der Waals surface area contributed by atoms with Crippen molar-refractivity contribution in [1.82, 2.24) is 14.5 Å². The first-order chi connectivity index (χ1) is 15.6. The Morgan fingerprint density at radius 1 is 1.25 bits per heavy atom. The Balaban J connectivity index is 1.38. The summed E-state index contributed by atoms with van der Waals surface area (Å²) in [6.07, 6.45) is 0. The molecule has 2 N–H and O–H groups in total. The fourth-order valence-electron chi connectivity index (χ4n) is 3.62. The molecule has 2 aromatic heterocycles. The summed E-state index contributed by atoms with van der Waals surface area (Å²) >= 11 is 12.8. The molecule has 164 valence electrons. The van der Waals surface area contributed by atoms with E-state index < -0.39 is 0 Å². The van der Waals surface area contributed by atoms with E-state index in [-0.39, 0.29) is 11.0 Å². The second kappa shape index (κ2) is 9.08. The lowest BCUT2D eigenvalue weighted by molar-refractivity contribution is 0.0231. The Bertz CT molecular complexity index is 1330. The van der Waals surface area contributed by atoms with Crippen molar-refractivity contribution in [1.29, 1.82) is 0 Å². The highest BCUT2D eigenvalue weighted by Crippen LogP contribution is 2.39. The number of aromatic hydroxyl groups is 1. The van der Waals surface area contributed by atoms with E-state index in [1.807, 2.05) is 41.0 Å². The van der Waals surface area contributed by atoms with Gasteiger partial charge < -0.3 is 15.2 Å². The van der Waals surface area contributed by atoms with Gasteiger partial charge in [0.05, 0.1) is 35.6 Å². The monoisotopic (exact) mass is 486 g/mol. The molecule has 5 rings (SSSR count). The number of azo groups is 1. The molecule has 1 saturated heterocycles. The molecule has 0 atom stereocenters. The SMILES string of the molecule is Oc1c(N=NC(=S)Nc2nc3ccc(Cl)cc3s2)c2ccccc2n1CN1CCOCC1. The molecule has 1 aliphatic rings. The lowest BCUT2D eigenvalue weighted by atomic mass is 10.2. The summed E-state index contributed by atoms with van der Waals surface area (Å²) in [4.78, 5) is 6.70. The summed E-state index contributed by atoms with van der Waals surface area (Å²) < 4.78 is 8.20. The molecule has 8 nitrogen and oxygen atoms in total. The number of hydrogen-bond acceptors (Lipinski definition) is 7. The highest BCUT2D eigenvalue weighted by molar-refractivity contribution is 7.80. The molecule has 0 amide bonds. The number of benzene rings is 2. The zero-order valence-electron chi connectivity index (χ0n) is 16.9. The van der Waals surface area contributed by atoms with Crippen LogP contribution in [0.5, 0.6) is 5.88 Å². The predicted octanol–water partition coefficient (Wildman–Crippen LogP) is 5.38. The summed E-state index contributed by atoms with van der Waals surface area (Å²) in [5.74, 6) is 0.0545. The van der Waals surface area contributed by atoms with E-state index >= 15 is 0 Å². The molecule has 11 heteroatoms. The van der Waals surface area contributed by atoms with Crippen molar-refractivity contribution in [3.05, 3.63) is 47.5 Å². The van der Waals surface area contributed by atoms with E-state index in [4.69, 9.17) is 28.6 Å². The number of anilines is 1. The number of aromatic nitrogens is 2. The Kier molecular flexibility index (Phi) is 6.03. The van der Waals surface area contributed by atoms with Gasteiger partial charge in [-0.25, -0.2) is 4.98 Å². The van der Waals surface area contributed by atoms with Gasteiger partial charge in [0.15, 0.2) is 10.8 Å². The predicted molar refractivity (Wildman–Crippen MR) is 131 cm³/mol. The van der Waals surface area contributed by atoms with Crippen molar-refractivity contribution >= 4 is 72.2 Å². The molecule has 32 heavy (non-hydrogen) atoms. The lowest BCUT2D eigenvalue weighted by Gasteiger charge is -2.27. The van der Waals surface area contributed by atoms with Crippen molar-refractivity contribution in [2.45, 2.75) is 6.67 Å². The van der Waals surface area contributed by atoms with Crippen LogP contribution in [0.2, 0.25) is 5.02 Å². The minimum absolute atomic E-state index is 0.0545. The van der Waals surface area contributed by atoms with Gasteiger partial charge in [0.2, 0.25) is 11.0 Å². The van der Waals surface area contributed by atoms with Crippen molar-refractivity contribution in [2.75, 3.05) is 31.6 Å². The quantitative estimate of drug-likeness (QED) is 0.297. The molecule has 0 bridgehead atoms. The molecule has 1 aliphatic heterocycles. The molecule has 0 saturated carbocycles. The van der Waals surface area contributed by atoms with Crippen molar-refractivity contribution in [3.63, 3.8) is 0 Å². The molecule has 3 heterocycles. The number of nitrogens with zero attached hydrogens (tertiary/aromatic N) is 5. The van der Waals surface area contributed by atoms with E-state index in [0.717, 1.165) is 34.2 Å². The number of hydrogen-bond donors (Lipinski definition) is 2. The zero-order valence-corrected chi connectivity index (χ0v) is 19.3. The van der Waals surface area contributed by atoms with Crippen LogP contribution in [0.1, 0.15) is 0 Å². The van der Waals surface area contributed by atoms with Crippen LogP contribution < -0.4 is 5.32 Å². The van der Waals surface area contributed by atoms with Crippen molar-refractivity contribution in [3.8, 4) is 5.88 Å². The number of fused-ring (bicyclic) bond motifs is 2. The Morgan fingerprint density at radius 3 is 2.91 bits per heavy atom. The average molecular weight is 487 g/mol. The topological polar surface area (TPSA) is 87.3 Å². The maximum absolute atomic E-state index is 10.9. The fraction of sp³-hybridized carbons (Fsp3) is 0.238. The number of para-hydroxylation sites is 1. The van der Waals surface area contributed by atoms with Crippen molar-refractivity contribution in [2.24, 2.45) is 10.2 Å². The number of rotatable bonds is 4. The molecule has 1 fully saturated rings. The van der Waals surface area contributed by atoms with Crippen LogP contribution in [-0.2, 0) is 11.4 Å². The second-order valence-corrected chi connectivity index (χ2v) is 9.10. The number of thiocarbonyl (C=S) groups is 1. The van der Waals surface area contributed by atoms with E-state index in [1.54, 1.807) is 6.07 Å². The number of morpholine rings is 1. The Morgan fingerprint density at radius 2 is 2.06 bits per heavy atom. The summed E-state index contributed by atoms with van der Waals surface area (Å²) in [5, 5.41) is 24.5. The smallest absolute Gasteiger partial charge is 0.221 e. The molecule has 4 aromatic rings.